The summed E-state index contributed by atoms with van der Waals surface area (Å²) in [4.78, 5) is 15.1. The molecule has 1 aliphatic carbocycles. The number of nitrogens with one attached hydrogen (secondary N) is 1. The summed E-state index contributed by atoms with van der Waals surface area (Å²) in [7, 11) is 1.59. The number of aliphatic hydroxyl groups is 1. The van der Waals surface area contributed by atoms with E-state index >= 15 is 0 Å². The number of aliphatic hydroxyl groups excluding tert-OH is 1. The number of aromatic hydroxyl groups is 1. The number of rotatable bonds is 6. The van der Waals surface area contributed by atoms with Crippen molar-refractivity contribution in [2.75, 3.05) is 13.7 Å². The standard InChI is InChI=1S/C20H26N2O5/c1-27-15-6-7-18-16(9-15)17(19(24)10-21-18)8-13(11-23)12-2-4-14(5-3-12)22-20(25)26/h6-7,9-10,12-14,22-24H,2-5,8,11H2,1H3,(H,25,26). The molecule has 0 aliphatic heterocycles. The molecule has 7 heteroatoms. The number of aromatic nitrogens is 1. The highest BCUT2D eigenvalue weighted by Crippen LogP contribution is 2.36. The van der Waals surface area contributed by atoms with Crippen LogP contribution in [0.5, 0.6) is 11.5 Å². The highest BCUT2D eigenvalue weighted by Gasteiger charge is 2.29. The molecule has 1 fully saturated rings. The van der Waals surface area contributed by atoms with Crippen LogP contribution in [0.4, 0.5) is 4.79 Å². The van der Waals surface area contributed by atoms with Gasteiger partial charge in [0.25, 0.3) is 0 Å². The van der Waals surface area contributed by atoms with Gasteiger partial charge in [0.2, 0.25) is 0 Å². The number of pyridine rings is 1. The van der Waals surface area contributed by atoms with Crippen molar-refractivity contribution in [2.24, 2.45) is 11.8 Å². The molecule has 1 unspecified atom stereocenters. The fraction of sp³-hybridized carbons (Fsp3) is 0.500. The van der Waals surface area contributed by atoms with Gasteiger partial charge in [-0.05, 0) is 62.1 Å². The zero-order chi connectivity index (χ0) is 19.4. The zero-order valence-corrected chi connectivity index (χ0v) is 15.4. The lowest BCUT2D eigenvalue weighted by molar-refractivity contribution is 0.133. The van der Waals surface area contributed by atoms with Crippen molar-refractivity contribution in [3.8, 4) is 11.5 Å². The lowest BCUT2D eigenvalue weighted by atomic mass is 9.76. The summed E-state index contributed by atoms with van der Waals surface area (Å²) >= 11 is 0. The van der Waals surface area contributed by atoms with Crippen LogP contribution < -0.4 is 10.1 Å². The molecule has 3 rings (SSSR count). The highest BCUT2D eigenvalue weighted by molar-refractivity contribution is 5.85. The number of amides is 1. The van der Waals surface area contributed by atoms with Crippen LogP contribution in [-0.4, -0.2) is 46.2 Å². The predicted molar refractivity (Wildman–Crippen MR) is 101 cm³/mol. The Bertz CT molecular complexity index is 802. The topological polar surface area (TPSA) is 112 Å². The summed E-state index contributed by atoms with van der Waals surface area (Å²) in [5.41, 5.74) is 1.54. The Labute approximate surface area is 158 Å². The van der Waals surface area contributed by atoms with E-state index in [1.165, 1.54) is 6.20 Å². The van der Waals surface area contributed by atoms with Crippen molar-refractivity contribution in [3.63, 3.8) is 0 Å². The van der Waals surface area contributed by atoms with Gasteiger partial charge in [-0.25, -0.2) is 4.79 Å². The van der Waals surface area contributed by atoms with Crippen molar-refractivity contribution < 1.29 is 24.9 Å². The smallest absolute Gasteiger partial charge is 0.404 e. The van der Waals surface area contributed by atoms with E-state index in [1.54, 1.807) is 7.11 Å². The molecule has 7 nitrogen and oxygen atoms in total. The molecule has 0 saturated heterocycles. The van der Waals surface area contributed by atoms with Crippen LogP contribution in [-0.2, 0) is 6.42 Å². The number of methoxy groups -OCH3 is 1. The van der Waals surface area contributed by atoms with Gasteiger partial charge in [0.15, 0.2) is 0 Å². The molecule has 1 aliphatic rings. The SMILES string of the molecule is COc1ccc2ncc(O)c(CC(CO)C3CCC(NC(=O)O)CC3)c2c1. The normalized spacial score (nSPS) is 21.0. The minimum atomic E-state index is -0.987. The maximum atomic E-state index is 10.8. The second kappa shape index (κ2) is 8.43. The number of carboxylic acid groups (broad SMARTS) is 1. The first-order valence-corrected chi connectivity index (χ1v) is 9.26. The average molecular weight is 374 g/mol. The van der Waals surface area contributed by atoms with Crippen LogP contribution in [0.1, 0.15) is 31.2 Å². The molecule has 2 aromatic rings. The van der Waals surface area contributed by atoms with E-state index in [2.05, 4.69) is 10.3 Å². The minimum Gasteiger partial charge on any atom is -0.506 e. The quantitative estimate of drug-likeness (QED) is 0.618. The van der Waals surface area contributed by atoms with Crippen LogP contribution in [0.25, 0.3) is 10.9 Å². The largest absolute Gasteiger partial charge is 0.506 e. The number of benzene rings is 1. The van der Waals surface area contributed by atoms with Gasteiger partial charge in [0.1, 0.15) is 11.5 Å². The maximum Gasteiger partial charge on any atom is 0.404 e. The Balaban J connectivity index is 1.79. The molecule has 1 amide bonds. The molecule has 1 heterocycles. The number of carbonyl (C=O) groups is 1. The van der Waals surface area contributed by atoms with Gasteiger partial charge >= 0.3 is 6.09 Å². The molecular formula is C20H26N2O5. The summed E-state index contributed by atoms with van der Waals surface area (Å²) in [5, 5.41) is 32.6. The van der Waals surface area contributed by atoms with Gasteiger partial charge in [0.05, 0.1) is 18.8 Å². The summed E-state index contributed by atoms with van der Waals surface area (Å²) in [6, 6.07) is 5.53. The zero-order valence-electron chi connectivity index (χ0n) is 15.4. The third kappa shape index (κ3) is 4.42. The van der Waals surface area contributed by atoms with Crippen LogP contribution in [0, 0.1) is 11.8 Å². The molecule has 0 spiro atoms. The average Bonchev–Trinajstić information content (AvgIpc) is 2.67. The van der Waals surface area contributed by atoms with Crippen molar-refractivity contribution >= 4 is 17.0 Å². The van der Waals surface area contributed by atoms with Crippen LogP contribution in [0.2, 0.25) is 0 Å². The Morgan fingerprint density at radius 3 is 2.70 bits per heavy atom. The number of hydrogen-bond donors (Lipinski definition) is 4. The number of fused-ring (bicyclic) bond motifs is 1. The molecule has 146 valence electrons. The Kier molecular flexibility index (Phi) is 6.01. The lowest BCUT2D eigenvalue weighted by Gasteiger charge is -2.33. The van der Waals surface area contributed by atoms with E-state index in [0.29, 0.717) is 12.2 Å². The first-order chi connectivity index (χ1) is 13.0. The number of hydrogen-bond acceptors (Lipinski definition) is 5. The fourth-order valence-electron chi connectivity index (χ4n) is 4.11. The van der Waals surface area contributed by atoms with Gasteiger partial charge in [-0.2, -0.15) is 0 Å². The third-order valence-electron chi connectivity index (χ3n) is 5.63. The summed E-state index contributed by atoms with van der Waals surface area (Å²) in [6.45, 7) is 0.0227. The Morgan fingerprint density at radius 1 is 1.33 bits per heavy atom. The van der Waals surface area contributed by atoms with E-state index in [-0.39, 0.29) is 30.2 Å². The monoisotopic (exact) mass is 374 g/mol. The number of ether oxygens (including phenoxy) is 1. The molecule has 1 saturated carbocycles. The number of nitrogens with zero attached hydrogens (tertiary/aromatic N) is 1. The first-order valence-electron chi connectivity index (χ1n) is 9.26. The maximum absolute atomic E-state index is 10.8. The summed E-state index contributed by atoms with van der Waals surface area (Å²) in [6.07, 6.45) is 4.24. The second-order valence-corrected chi connectivity index (χ2v) is 7.21. The molecule has 0 bridgehead atoms. The molecule has 0 radical (unpaired) electrons. The molecule has 4 N–H and O–H groups in total. The summed E-state index contributed by atoms with van der Waals surface area (Å²) in [5.74, 6) is 1.10. The molecule has 1 aromatic heterocycles. The van der Waals surface area contributed by atoms with Crippen molar-refractivity contribution in [1.82, 2.24) is 10.3 Å². The summed E-state index contributed by atoms with van der Waals surface area (Å²) < 4.78 is 5.29. The van der Waals surface area contributed by atoms with Gasteiger partial charge < -0.3 is 25.4 Å². The minimum absolute atomic E-state index is 0.00141. The van der Waals surface area contributed by atoms with Gasteiger partial charge in [-0.1, -0.05) is 0 Å². The Morgan fingerprint density at radius 2 is 2.07 bits per heavy atom. The van der Waals surface area contributed by atoms with E-state index < -0.39 is 6.09 Å². The van der Waals surface area contributed by atoms with Gasteiger partial charge in [-0.15, -0.1) is 0 Å². The highest BCUT2D eigenvalue weighted by atomic mass is 16.5. The van der Waals surface area contributed by atoms with Crippen molar-refractivity contribution in [2.45, 2.75) is 38.1 Å². The van der Waals surface area contributed by atoms with Gasteiger partial charge in [0, 0.05) is 23.6 Å². The lowest BCUT2D eigenvalue weighted by Crippen LogP contribution is -2.38. The predicted octanol–water partition coefficient (Wildman–Crippen LogP) is 2.93. The van der Waals surface area contributed by atoms with Crippen LogP contribution in [0.15, 0.2) is 24.4 Å². The molecule has 27 heavy (non-hydrogen) atoms. The molecule has 1 atom stereocenters. The van der Waals surface area contributed by atoms with Gasteiger partial charge in [-0.3, -0.25) is 4.98 Å². The van der Waals surface area contributed by atoms with Crippen molar-refractivity contribution in [1.29, 1.82) is 0 Å². The van der Waals surface area contributed by atoms with Crippen LogP contribution >= 0.6 is 0 Å². The molecular weight excluding hydrogens is 348 g/mol. The van der Waals surface area contributed by atoms with Crippen LogP contribution in [0.3, 0.4) is 0 Å². The first kappa shape index (κ1) is 19.2. The van der Waals surface area contributed by atoms with Crippen molar-refractivity contribution in [3.05, 3.63) is 30.0 Å². The fourth-order valence-corrected chi connectivity index (χ4v) is 4.11. The third-order valence-corrected chi connectivity index (χ3v) is 5.63. The van der Waals surface area contributed by atoms with E-state index in [4.69, 9.17) is 9.84 Å². The second-order valence-electron chi connectivity index (χ2n) is 7.21. The van der Waals surface area contributed by atoms with E-state index in [9.17, 15) is 15.0 Å². The van der Waals surface area contributed by atoms with E-state index in [0.717, 1.165) is 42.1 Å². The molecule has 1 aromatic carbocycles. The van der Waals surface area contributed by atoms with E-state index in [1.807, 2.05) is 18.2 Å². The Hall–Kier alpha value is -2.54.